The van der Waals surface area contributed by atoms with Crippen LogP contribution in [-0.4, -0.2) is 46.9 Å². The molecule has 2 aromatic carbocycles. The molecule has 0 atom stereocenters. The molecule has 1 N–H and O–H groups in total. The van der Waals surface area contributed by atoms with Crippen molar-refractivity contribution in [3.05, 3.63) is 92.1 Å². The van der Waals surface area contributed by atoms with E-state index in [0.29, 0.717) is 27.8 Å². The van der Waals surface area contributed by atoms with E-state index >= 15 is 0 Å². The molecule has 1 fully saturated rings. The van der Waals surface area contributed by atoms with Crippen LogP contribution < -0.4 is 10.2 Å². The molecule has 1 aliphatic heterocycles. The van der Waals surface area contributed by atoms with E-state index in [-0.39, 0.29) is 11.6 Å². The molecule has 1 aromatic heterocycles. The van der Waals surface area contributed by atoms with E-state index in [9.17, 15) is 14.9 Å². The van der Waals surface area contributed by atoms with Gasteiger partial charge in [-0.3, -0.25) is 19.8 Å². The van der Waals surface area contributed by atoms with Crippen LogP contribution in [0.2, 0.25) is 10.0 Å². The molecule has 34 heavy (non-hydrogen) atoms. The third-order valence-electron chi connectivity index (χ3n) is 5.67. The molecule has 0 unspecified atom stereocenters. The van der Waals surface area contributed by atoms with Gasteiger partial charge in [-0.05, 0) is 42.3 Å². The summed E-state index contributed by atoms with van der Waals surface area (Å²) in [7, 11) is 0. The highest BCUT2D eigenvalue weighted by atomic mass is 35.5. The van der Waals surface area contributed by atoms with Gasteiger partial charge in [0.1, 0.15) is 5.82 Å². The second kappa shape index (κ2) is 10.8. The van der Waals surface area contributed by atoms with Gasteiger partial charge in [-0.1, -0.05) is 35.3 Å². The molecule has 2 heterocycles. The van der Waals surface area contributed by atoms with Gasteiger partial charge in [-0.15, -0.1) is 0 Å². The zero-order valence-corrected chi connectivity index (χ0v) is 19.8. The van der Waals surface area contributed by atoms with Crippen LogP contribution in [0, 0.1) is 10.1 Å². The summed E-state index contributed by atoms with van der Waals surface area (Å²) in [6.45, 7) is 3.75. The number of nitrogens with one attached hydrogen (secondary N) is 1. The average molecular weight is 500 g/mol. The number of anilines is 2. The summed E-state index contributed by atoms with van der Waals surface area (Å²) in [4.78, 5) is 32.1. The largest absolute Gasteiger partial charge is 0.355 e. The van der Waals surface area contributed by atoms with Crippen LogP contribution in [0.1, 0.15) is 22.3 Å². The summed E-state index contributed by atoms with van der Waals surface area (Å²) in [5.74, 6) is 0.538. The van der Waals surface area contributed by atoms with Crippen molar-refractivity contribution in [2.45, 2.75) is 13.0 Å². The quantitative estimate of drug-likeness (QED) is 0.367. The highest BCUT2D eigenvalue weighted by molar-refractivity contribution is 6.34. The minimum Gasteiger partial charge on any atom is -0.355 e. The molecule has 0 saturated carbocycles. The second-order valence-corrected chi connectivity index (χ2v) is 8.80. The Kier molecular flexibility index (Phi) is 7.62. The third-order valence-corrected chi connectivity index (χ3v) is 6.37. The smallest absolute Gasteiger partial charge is 0.269 e. The minimum atomic E-state index is -0.407. The number of carbonyl (C=O) groups excluding carboxylic acids is 1. The first-order valence-corrected chi connectivity index (χ1v) is 11.6. The van der Waals surface area contributed by atoms with Gasteiger partial charge in [0.15, 0.2) is 0 Å². The topological polar surface area (TPSA) is 91.6 Å². The van der Waals surface area contributed by atoms with Crippen molar-refractivity contribution in [1.29, 1.82) is 0 Å². The number of carbonyl (C=O) groups is 1. The number of nitrogens with zero attached hydrogens (tertiary/aromatic N) is 4. The molecule has 3 aromatic rings. The Morgan fingerprint density at radius 1 is 1.03 bits per heavy atom. The van der Waals surface area contributed by atoms with Gasteiger partial charge in [-0.2, -0.15) is 0 Å². The predicted molar refractivity (Wildman–Crippen MR) is 134 cm³/mol. The molecule has 0 aliphatic carbocycles. The average Bonchev–Trinajstić information content (AvgIpc) is 3.06. The van der Waals surface area contributed by atoms with E-state index in [2.05, 4.69) is 20.1 Å². The van der Waals surface area contributed by atoms with E-state index in [1.54, 1.807) is 42.6 Å². The molecule has 4 rings (SSSR count). The lowest BCUT2D eigenvalue weighted by molar-refractivity contribution is -0.384. The van der Waals surface area contributed by atoms with E-state index in [1.165, 1.54) is 6.07 Å². The summed E-state index contributed by atoms with van der Waals surface area (Å²) in [5.41, 5.74) is 1.79. The summed E-state index contributed by atoms with van der Waals surface area (Å²) < 4.78 is 0. The molecule has 1 saturated heterocycles. The summed E-state index contributed by atoms with van der Waals surface area (Å²) in [6.07, 6.45) is 2.55. The molecule has 8 nitrogen and oxygen atoms in total. The maximum atomic E-state index is 12.4. The van der Waals surface area contributed by atoms with Crippen molar-refractivity contribution < 1.29 is 9.72 Å². The Hall–Kier alpha value is -3.20. The molecule has 0 bridgehead atoms. The highest BCUT2D eigenvalue weighted by Gasteiger charge is 2.19. The number of non-ortho nitro benzene ring substituents is 1. The van der Waals surface area contributed by atoms with Crippen LogP contribution in [0.4, 0.5) is 17.2 Å². The number of nitro groups is 1. The normalized spacial score (nSPS) is 14.5. The lowest BCUT2D eigenvalue weighted by Crippen LogP contribution is -2.31. The number of pyridine rings is 1. The molecule has 176 valence electrons. The lowest BCUT2D eigenvalue weighted by Gasteiger charge is -2.23. The number of aromatic nitrogens is 1. The molecular weight excluding hydrogens is 477 g/mol. The first-order valence-electron chi connectivity index (χ1n) is 10.8. The van der Waals surface area contributed by atoms with Gasteiger partial charge >= 0.3 is 0 Å². The summed E-state index contributed by atoms with van der Waals surface area (Å²) in [6, 6.07) is 15.1. The van der Waals surface area contributed by atoms with Gasteiger partial charge in [-0.25, -0.2) is 4.98 Å². The molecule has 0 radical (unpaired) electrons. The predicted octanol–water partition coefficient (Wildman–Crippen LogP) is 5.26. The number of amides is 1. The second-order valence-electron chi connectivity index (χ2n) is 7.99. The van der Waals surface area contributed by atoms with E-state index in [4.69, 9.17) is 23.2 Å². The number of benzene rings is 2. The van der Waals surface area contributed by atoms with Crippen molar-refractivity contribution >= 4 is 46.3 Å². The maximum Gasteiger partial charge on any atom is 0.269 e. The Balaban J connectivity index is 1.36. The van der Waals surface area contributed by atoms with E-state index < -0.39 is 4.92 Å². The molecule has 0 spiro atoms. The molecule has 1 aliphatic rings. The SMILES string of the molecule is O=C(Nc1ccc(N2CCCN(Cc3cc([N+](=O)[O-])ccc3Cl)CC2)nc1)c1ccccc1Cl. The van der Waals surface area contributed by atoms with Gasteiger partial charge in [0, 0.05) is 49.9 Å². The number of hydrogen-bond donors (Lipinski definition) is 1. The van der Waals surface area contributed by atoms with Crippen molar-refractivity contribution in [1.82, 2.24) is 9.88 Å². The molecular formula is C24H23Cl2N5O3. The van der Waals surface area contributed by atoms with Gasteiger partial charge in [0.25, 0.3) is 11.6 Å². The summed E-state index contributed by atoms with van der Waals surface area (Å²) >= 11 is 12.4. The number of rotatable bonds is 6. The fourth-order valence-electron chi connectivity index (χ4n) is 3.89. The highest BCUT2D eigenvalue weighted by Crippen LogP contribution is 2.25. The standard InChI is InChI=1S/C24H23Cl2N5O3/c25-21-8-7-19(31(33)34)14-17(21)16-29-10-3-11-30(13-12-29)23-9-6-18(15-27-23)28-24(32)20-4-1-2-5-22(20)26/h1-2,4-9,14-15H,3,10-13,16H2,(H,28,32). The lowest BCUT2D eigenvalue weighted by atomic mass is 10.2. The minimum absolute atomic E-state index is 0.0433. The monoisotopic (exact) mass is 499 g/mol. The van der Waals surface area contributed by atoms with Crippen molar-refractivity contribution in [3.63, 3.8) is 0 Å². The number of hydrogen-bond acceptors (Lipinski definition) is 6. The Morgan fingerprint density at radius 3 is 2.59 bits per heavy atom. The fraction of sp³-hybridized carbons (Fsp3) is 0.250. The van der Waals surface area contributed by atoms with Crippen LogP contribution in [0.5, 0.6) is 0 Å². The van der Waals surface area contributed by atoms with E-state index in [0.717, 1.165) is 44.0 Å². The molecule has 10 heteroatoms. The zero-order valence-electron chi connectivity index (χ0n) is 18.3. The van der Waals surface area contributed by atoms with Crippen LogP contribution in [-0.2, 0) is 6.54 Å². The first kappa shape index (κ1) is 23.9. The first-order chi connectivity index (χ1) is 16.4. The molecule has 1 amide bonds. The number of halogens is 2. The van der Waals surface area contributed by atoms with Gasteiger partial charge < -0.3 is 10.2 Å². The third kappa shape index (κ3) is 5.83. The maximum absolute atomic E-state index is 12.4. The Bertz CT molecular complexity index is 1190. The van der Waals surface area contributed by atoms with Crippen LogP contribution in [0.25, 0.3) is 0 Å². The number of nitro benzene ring substituents is 1. The van der Waals surface area contributed by atoms with Crippen LogP contribution in [0.3, 0.4) is 0 Å². The van der Waals surface area contributed by atoms with Crippen molar-refractivity contribution in [3.8, 4) is 0 Å². The van der Waals surface area contributed by atoms with Gasteiger partial charge in [0.2, 0.25) is 0 Å². The Labute approximate surface area is 207 Å². The zero-order chi connectivity index (χ0) is 24.1. The summed E-state index contributed by atoms with van der Waals surface area (Å²) in [5, 5.41) is 14.8. The van der Waals surface area contributed by atoms with Crippen LogP contribution in [0.15, 0.2) is 60.8 Å². The van der Waals surface area contributed by atoms with Gasteiger partial charge in [0.05, 0.1) is 27.4 Å². The van der Waals surface area contributed by atoms with Crippen LogP contribution >= 0.6 is 23.2 Å². The fourth-order valence-corrected chi connectivity index (χ4v) is 4.28. The van der Waals surface area contributed by atoms with E-state index in [1.807, 2.05) is 12.1 Å². The van der Waals surface area contributed by atoms with Crippen molar-refractivity contribution in [2.24, 2.45) is 0 Å². The van der Waals surface area contributed by atoms with Crippen molar-refractivity contribution in [2.75, 3.05) is 36.4 Å². The Morgan fingerprint density at radius 2 is 1.85 bits per heavy atom.